The number of hydrogen-bond acceptors (Lipinski definition) is 6. The van der Waals surface area contributed by atoms with E-state index in [1.807, 2.05) is 6.92 Å². The predicted octanol–water partition coefficient (Wildman–Crippen LogP) is 3.69. The molecule has 10 heteroatoms. The summed E-state index contributed by atoms with van der Waals surface area (Å²) < 4.78 is 6.51. The molecule has 0 saturated heterocycles. The van der Waals surface area contributed by atoms with Gasteiger partial charge in [-0.25, -0.2) is 14.5 Å². The van der Waals surface area contributed by atoms with Gasteiger partial charge in [0.25, 0.3) is 11.5 Å². The van der Waals surface area contributed by atoms with Crippen LogP contribution in [0, 0.1) is 0 Å². The Labute approximate surface area is 181 Å². The van der Waals surface area contributed by atoms with Gasteiger partial charge in [-0.15, -0.1) is 0 Å². The zero-order valence-electron chi connectivity index (χ0n) is 16.2. The van der Waals surface area contributed by atoms with E-state index in [1.165, 1.54) is 23.9 Å². The van der Waals surface area contributed by atoms with Crippen LogP contribution in [-0.4, -0.2) is 32.7 Å². The number of aromatic nitrogens is 3. The van der Waals surface area contributed by atoms with Crippen LogP contribution in [0.25, 0.3) is 10.8 Å². The van der Waals surface area contributed by atoms with E-state index in [-0.39, 0.29) is 22.1 Å². The van der Waals surface area contributed by atoms with Gasteiger partial charge in [-0.2, -0.15) is 5.10 Å². The molecule has 1 unspecified atom stereocenters. The van der Waals surface area contributed by atoms with E-state index < -0.39 is 18.0 Å². The monoisotopic (exact) mass is 448 g/mol. The van der Waals surface area contributed by atoms with Crippen LogP contribution in [0.2, 0.25) is 10.0 Å². The maximum absolute atomic E-state index is 12.8. The number of nitrogens with one attached hydrogen (secondary N) is 1. The Kier molecular flexibility index (Phi) is 6.69. The van der Waals surface area contributed by atoms with Crippen LogP contribution in [0.3, 0.4) is 0 Å². The predicted molar refractivity (Wildman–Crippen MR) is 114 cm³/mol. The second-order valence-electron chi connectivity index (χ2n) is 6.44. The van der Waals surface area contributed by atoms with Crippen molar-refractivity contribution >= 4 is 51.7 Å². The van der Waals surface area contributed by atoms with Crippen molar-refractivity contribution in [1.29, 1.82) is 0 Å². The molecular formula is C20H18Cl2N4O4. The molecule has 0 aliphatic carbocycles. The van der Waals surface area contributed by atoms with Crippen LogP contribution < -0.4 is 10.9 Å². The quantitative estimate of drug-likeness (QED) is 0.576. The first kappa shape index (κ1) is 21.7. The molecule has 2 heterocycles. The van der Waals surface area contributed by atoms with E-state index in [2.05, 4.69) is 15.4 Å². The second-order valence-corrected chi connectivity index (χ2v) is 7.29. The van der Waals surface area contributed by atoms with Gasteiger partial charge in [-0.3, -0.25) is 9.59 Å². The Morgan fingerprint density at radius 2 is 1.93 bits per heavy atom. The van der Waals surface area contributed by atoms with Crippen LogP contribution >= 0.6 is 23.2 Å². The lowest BCUT2D eigenvalue weighted by atomic mass is 10.1. The number of benzene rings is 1. The molecule has 1 aromatic carbocycles. The maximum atomic E-state index is 12.8. The minimum atomic E-state index is -1.17. The number of anilines is 1. The maximum Gasteiger partial charge on any atom is 0.360 e. The summed E-state index contributed by atoms with van der Waals surface area (Å²) >= 11 is 11.8. The minimum absolute atomic E-state index is 0.0408. The van der Waals surface area contributed by atoms with Crippen molar-refractivity contribution in [3.63, 3.8) is 0 Å². The van der Waals surface area contributed by atoms with E-state index in [1.54, 1.807) is 24.3 Å². The number of aryl methyl sites for hydroxylation is 1. The van der Waals surface area contributed by atoms with Gasteiger partial charge in [-0.1, -0.05) is 48.3 Å². The first-order valence-electron chi connectivity index (χ1n) is 9.14. The van der Waals surface area contributed by atoms with Crippen LogP contribution in [0.5, 0.6) is 0 Å². The highest BCUT2D eigenvalue weighted by Crippen LogP contribution is 2.23. The van der Waals surface area contributed by atoms with E-state index >= 15 is 0 Å². The summed E-state index contributed by atoms with van der Waals surface area (Å²) in [7, 11) is 0. The van der Waals surface area contributed by atoms with E-state index in [9.17, 15) is 14.4 Å². The Bertz CT molecular complexity index is 1180. The molecule has 0 radical (unpaired) electrons. The number of amides is 1. The van der Waals surface area contributed by atoms with Crippen molar-refractivity contribution in [3.05, 3.63) is 62.6 Å². The normalized spacial score (nSPS) is 11.9. The second kappa shape index (κ2) is 9.23. The Morgan fingerprint density at radius 3 is 2.60 bits per heavy atom. The third-order valence-electron chi connectivity index (χ3n) is 4.20. The summed E-state index contributed by atoms with van der Waals surface area (Å²) in [6.45, 7) is 3.64. The summed E-state index contributed by atoms with van der Waals surface area (Å²) in [5.74, 6) is -1.37. The molecule has 0 bridgehead atoms. The summed E-state index contributed by atoms with van der Waals surface area (Å²) in [4.78, 5) is 41.6. The van der Waals surface area contributed by atoms with Gasteiger partial charge in [0.05, 0.1) is 15.4 Å². The van der Waals surface area contributed by atoms with E-state index in [0.29, 0.717) is 28.8 Å². The van der Waals surface area contributed by atoms with E-state index in [4.69, 9.17) is 27.9 Å². The third kappa shape index (κ3) is 4.60. The van der Waals surface area contributed by atoms with Crippen molar-refractivity contribution in [1.82, 2.24) is 14.8 Å². The molecule has 2 aromatic heterocycles. The smallest absolute Gasteiger partial charge is 0.360 e. The Hall–Kier alpha value is -2.97. The fourth-order valence-electron chi connectivity index (χ4n) is 2.74. The van der Waals surface area contributed by atoms with Crippen molar-refractivity contribution < 1.29 is 14.3 Å². The molecule has 30 heavy (non-hydrogen) atoms. The van der Waals surface area contributed by atoms with Gasteiger partial charge in [0, 0.05) is 18.1 Å². The van der Waals surface area contributed by atoms with Gasteiger partial charge < -0.3 is 10.1 Å². The molecule has 8 nitrogen and oxygen atoms in total. The first-order valence-corrected chi connectivity index (χ1v) is 9.90. The molecule has 1 amide bonds. The number of esters is 1. The van der Waals surface area contributed by atoms with Crippen molar-refractivity contribution in [2.24, 2.45) is 0 Å². The fraction of sp³-hybridized carbons (Fsp3) is 0.250. The lowest BCUT2D eigenvalue weighted by Gasteiger charge is -2.15. The molecular weight excluding hydrogens is 431 g/mol. The number of fused-ring (bicyclic) bond motifs is 1. The SMILES string of the molecule is CCCn1nc(C(=O)OC(C)C(=O)Nc2ncc(Cl)cc2Cl)c2ccccc2c1=O. The van der Waals surface area contributed by atoms with Gasteiger partial charge in [0.2, 0.25) is 0 Å². The third-order valence-corrected chi connectivity index (χ3v) is 4.69. The van der Waals surface area contributed by atoms with E-state index in [0.717, 1.165) is 0 Å². The molecule has 1 atom stereocenters. The minimum Gasteiger partial charge on any atom is -0.448 e. The molecule has 0 fully saturated rings. The van der Waals surface area contributed by atoms with Gasteiger partial charge in [0.15, 0.2) is 17.6 Å². The average Bonchev–Trinajstić information content (AvgIpc) is 2.72. The Balaban J connectivity index is 1.84. The van der Waals surface area contributed by atoms with Crippen LogP contribution in [0.15, 0.2) is 41.3 Å². The lowest BCUT2D eigenvalue weighted by molar-refractivity contribution is -0.123. The molecule has 3 rings (SSSR count). The number of nitrogens with zero attached hydrogens (tertiary/aromatic N) is 3. The summed E-state index contributed by atoms with van der Waals surface area (Å²) in [6.07, 6.45) is 0.818. The highest BCUT2D eigenvalue weighted by atomic mass is 35.5. The number of ether oxygens (including phenoxy) is 1. The molecule has 156 valence electrons. The number of pyridine rings is 1. The van der Waals surface area contributed by atoms with Gasteiger partial charge in [-0.05, 0) is 25.5 Å². The molecule has 0 aliphatic rings. The highest BCUT2D eigenvalue weighted by molar-refractivity contribution is 6.36. The lowest BCUT2D eigenvalue weighted by Crippen LogP contribution is -2.32. The summed E-state index contributed by atoms with van der Waals surface area (Å²) in [5, 5.41) is 7.81. The van der Waals surface area contributed by atoms with Crippen molar-refractivity contribution in [2.75, 3.05) is 5.32 Å². The number of rotatable bonds is 6. The number of carbonyl (C=O) groups is 2. The fourth-order valence-corrected chi connectivity index (χ4v) is 3.17. The first-order chi connectivity index (χ1) is 14.3. The summed E-state index contributed by atoms with van der Waals surface area (Å²) in [5.41, 5.74) is -0.334. The van der Waals surface area contributed by atoms with Crippen LogP contribution in [-0.2, 0) is 16.1 Å². The number of carbonyl (C=O) groups excluding carboxylic acids is 2. The molecule has 0 aliphatic heterocycles. The topological polar surface area (TPSA) is 103 Å². The van der Waals surface area contributed by atoms with Gasteiger partial charge >= 0.3 is 5.97 Å². The average molecular weight is 449 g/mol. The zero-order valence-corrected chi connectivity index (χ0v) is 17.7. The number of hydrogen-bond donors (Lipinski definition) is 1. The van der Waals surface area contributed by atoms with Crippen molar-refractivity contribution in [3.8, 4) is 0 Å². The molecule has 3 aromatic rings. The highest BCUT2D eigenvalue weighted by Gasteiger charge is 2.24. The molecule has 0 saturated carbocycles. The van der Waals surface area contributed by atoms with Crippen LogP contribution in [0.4, 0.5) is 5.82 Å². The molecule has 0 spiro atoms. The zero-order chi connectivity index (χ0) is 21.8. The molecule has 1 N–H and O–H groups in total. The summed E-state index contributed by atoms with van der Waals surface area (Å²) in [6, 6.07) is 8.05. The van der Waals surface area contributed by atoms with Gasteiger partial charge in [0.1, 0.15) is 0 Å². The Morgan fingerprint density at radius 1 is 1.23 bits per heavy atom. The largest absolute Gasteiger partial charge is 0.448 e. The van der Waals surface area contributed by atoms with Crippen molar-refractivity contribution in [2.45, 2.75) is 32.9 Å². The van der Waals surface area contributed by atoms with Crippen LogP contribution in [0.1, 0.15) is 30.8 Å². The number of halogens is 2. The standard InChI is InChI=1S/C20H18Cl2N4O4/c1-3-8-26-19(28)14-7-5-4-6-13(14)16(25-26)20(29)30-11(2)18(27)24-17-15(22)9-12(21)10-23-17/h4-7,9-11H,3,8H2,1-2H3,(H,23,24,27).